The average molecular weight is 443 g/mol. The Bertz CT molecular complexity index is 803. The molecule has 1 aliphatic rings. The molecule has 1 aliphatic heterocycles. The fourth-order valence-electron chi connectivity index (χ4n) is 3.08. The second kappa shape index (κ2) is 7.12. The molecule has 1 fully saturated rings. The maximum Gasteiger partial charge on any atom is 0.435 e. The van der Waals surface area contributed by atoms with Gasteiger partial charge in [0.1, 0.15) is 5.60 Å². The van der Waals surface area contributed by atoms with Crippen molar-refractivity contribution in [3.05, 3.63) is 35.4 Å². The van der Waals surface area contributed by atoms with E-state index in [0.717, 1.165) is 0 Å². The van der Waals surface area contributed by atoms with Crippen molar-refractivity contribution < 1.29 is 45.1 Å². The quantitative estimate of drug-likeness (QED) is 0.463. The molecule has 0 atom stereocenters. The predicted octanol–water partition coefficient (Wildman–Crippen LogP) is 5.42. The van der Waals surface area contributed by atoms with Crippen LogP contribution in [0.4, 0.5) is 35.5 Å². The maximum atomic E-state index is 14.1. The lowest BCUT2D eigenvalue weighted by molar-refractivity contribution is -0.348. The lowest BCUT2D eigenvalue weighted by atomic mass is 9.75. The zero-order valence-electron chi connectivity index (χ0n) is 16.5. The number of ether oxygens (including phenoxy) is 1. The molecule has 1 amide bonds. The highest BCUT2D eigenvalue weighted by Gasteiger charge is 2.73. The fourth-order valence-corrected chi connectivity index (χ4v) is 3.08. The van der Waals surface area contributed by atoms with E-state index in [1.165, 1.54) is 11.8 Å². The molecule has 168 valence electrons. The van der Waals surface area contributed by atoms with Crippen LogP contribution in [0.1, 0.15) is 43.6 Å². The van der Waals surface area contributed by atoms with Crippen LogP contribution in [0.25, 0.3) is 0 Å². The molecule has 1 saturated heterocycles. The van der Waals surface area contributed by atoms with Crippen molar-refractivity contribution in [3.8, 4) is 0 Å². The zero-order valence-corrected chi connectivity index (χ0v) is 16.5. The lowest BCUT2D eigenvalue weighted by Gasteiger charge is -2.46. The summed E-state index contributed by atoms with van der Waals surface area (Å²) in [6, 6.07) is 2.01. The number of carbonyl (C=O) groups is 2. The molecule has 0 aromatic heterocycles. The van der Waals surface area contributed by atoms with E-state index in [1.807, 2.05) is 0 Å². The van der Waals surface area contributed by atoms with Crippen LogP contribution in [0.3, 0.4) is 0 Å². The average Bonchev–Trinajstić information content (AvgIpc) is 2.54. The van der Waals surface area contributed by atoms with Gasteiger partial charge in [-0.3, -0.25) is 4.79 Å². The number of halogens is 7. The number of hydrogen-bond acceptors (Lipinski definition) is 3. The van der Waals surface area contributed by atoms with Crippen molar-refractivity contribution >= 4 is 11.9 Å². The summed E-state index contributed by atoms with van der Waals surface area (Å²) in [6.07, 6.45) is -13.1. The van der Waals surface area contributed by atoms with Gasteiger partial charge in [0, 0.05) is 24.2 Å². The molecule has 0 aliphatic carbocycles. The van der Waals surface area contributed by atoms with Crippen molar-refractivity contribution in [2.45, 2.75) is 51.3 Å². The summed E-state index contributed by atoms with van der Waals surface area (Å²) in [5.41, 5.74) is -9.28. The predicted molar refractivity (Wildman–Crippen MR) is 91.6 cm³/mol. The number of ketones is 1. The van der Waals surface area contributed by atoms with E-state index in [2.05, 4.69) is 0 Å². The van der Waals surface area contributed by atoms with Crippen LogP contribution >= 0.6 is 0 Å². The summed E-state index contributed by atoms with van der Waals surface area (Å²) in [5.74, 6) is -0.600. The molecular weight excluding hydrogens is 423 g/mol. The molecule has 30 heavy (non-hydrogen) atoms. The Morgan fingerprint density at radius 3 is 1.70 bits per heavy atom. The highest BCUT2D eigenvalue weighted by molar-refractivity contribution is 6.02. The van der Waals surface area contributed by atoms with E-state index in [-0.39, 0.29) is 18.7 Å². The van der Waals surface area contributed by atoms with E-state index in [9.17, 15) is 40.3 Å². The highest BCUT2D eigenvalue weighted by Crippen LogP contribution is 2.53. The Hall–Kier alpha value is -2.33. The number of carbonyl (C=O) groups excluding carboxylic acids is 2. The minimum Gasteiger partial charge on any atom is -0.444 e. The van der Waals surface area contributed by atoms with Gasteiger partial charge in [0.25, 0.3) is 0 Å². The summed E-state index contributed by atoms with van der Waals surface area (Å²) in [4.78, 5) is 25.9. The third kappa shape index (κ3) is 4.24. The zero-order chi connectivity index (χ0) is 23.3. The largest absolute Gasteiger partial charge is 0.444 e. The van der Waals surface area contributed by atoms with Crippen molar-refractivity contribution in [1.29, 1.82) is 0 Å². The van der Waals surface area contributed by atoms with Crippen molar-refractivity contribution in [3.63, 3.8) is 0 Å². The third-order valence-corrected chi connectivity index (χ3v) is 4.61. The van der Waals surface area contributed by atoms with Gasteiger partial charge in [-0.15, -0.1) is 0 Å². The van der Waals surface area contributed by atoms with Crippen LogP contribution in [-0.2, 0) is 10.4 Å². The van der Waals surface area contributed by atoms with Crippen LogP contribution in [0.15, 0.2) is 24.3 Å². The van der Waals surface area contributed by atoms with Crippen molar-refractivity contribution in [2.24, 2.45) is 5.41 Å². The highest BCUT2D eigenvalue weighted by atomic mass is 19.4. The molecule has 0 bridgehead atoms. The first kappa shape index (κ1) is 23.9. The van der Waals surface area contributed by atoms with Crippen LogP contribution in [0.2, 0.25) is 0 Å². The van der Waals surface area contributed by atoms with Gasteiger partial charge in [-0.25, -0.2) is 9.18 Å². The number of nitrogens with zero attached hydrogens (tertiary/aromatic N) is 1. The first-order valence-corrected chi connectivity index (χ1v) is 8.77. The van der Waals surface area contributed by atoms with Gasteiger partial charge >= 0.3 is 24.1 Å². The molecule has 0 saturated carbocycles. The Kier molecular flexibility index (Phi) is 5.69. The van der Waals surface area contributed by atoms with E-state index < -0.39 is 46.5 Å². The minimum atomic E-state index is -6.23. The third-order valence-electron chi connectivity index (χ3n) is 4.61. The topological polar surface area (TPSA) is 46.6 Å². The van der Waals surface area contributed by atoms with Crippen LogP contribution < -0.4 is 0 Å². The molecule has 0 N–H and O–H groups in total. The van der Waals surface area contributed by atoms with Gasteiger partial charge in [-0.05, 0) is 27.7 Å². The van der Waals surface area contributed by atoms with Gasteiger partial charge < -0.3 is 9.64 Å². The summed E-state index contributed by atoms with van der Waals surface area (Å²) < 4.78 is 96.2. The molecule has 1 aromatic rings. The first-order valence-electron chi connectivity index (χ1n) is 8.77. The summed E-state index contributed by atoms with van der Waals surface area (Å²) in [7, 11) is 0. The summed E-state index contributed by atoms with van der Waals surface area (Å²) in [5, 5.41) is 0. The molecule has 1 aromatic carbocycles. The van der Waals surface area contributed by atoms with Gasteiger partial charge in [-0.2, -0.15) is 26.3 Å². The summed E-state index contributed by atoms with van der Waals surface area (Å²) >= 11 is 0. The Morgan fingerprint density at radius 1 is 0.900 bits per heavy atom. The van der Waals surface area contributed by atoms with E-state index in [1.54, 1.807) is 20.8 Å². The maximum absolute atomic E-state index is 14.1. The fraction of sp³-hybridized carbons (Fsp3) is 0.579. The van der Waals surface area contributed by atoms with E-state index >= 15 is 0 Å². The smallest absolute Gasteiger partial charge is 0.435 e. The summed E-state index contributed by atoms with van der Waals surface area (Å²) in [6.45, 7) is 6.38. The standard InChI is InChI=1S/C19H20F7NO3/c1-15(2,3)30-14(29)27-9-16(4,10-27)13(28)11-5-7-12(8-6-11)17(20,18(21,22)23)19(24,25)26/h5-8H,9-10H2,1-4H3. The first-order chi connectivity index (χ1) is 13.3. The second-order valence-corrected chi connectivity index (χ2v) is 8.46. The van der Waals surface area contributed by atoms with Crippen LogP contribution in [0.5, 0.6) is 0 Å². The van der Waals surface area contributed by atoms with E-state index in [0.29, 0.717) is 24.3 Å². The van der Waals surface area contributed by atoms with Crippen molar-refractivity contribution in [2.75, 3.05) is 13.1 Å². The minimum absolute atomic E-state index is 0.0410. The van der Waals surface area contributed by atoms with Crippen LogP contribution in [-0.4, -0.2) is 47.8 Å². The Balaban J connectivity index is 2.19. The number of Topliss-reactive ketones (excluding diaryl/α,β-unsaturated/α-hetero) is 1. The van der Waals surface area contributed by atoms with Crippen LogP contribution in [0, 0.1) is 5.41 Å². The lowest BCUT2D eigenvalue weighted by Crippen LogP contribution is -2.61. The number of alkyl halides is 7. The number of hydrogen-bond donors (Lipinski definition) is 0. The normalized spacial score (nSPS) is 17.4. The van der Waals surface area contributed by atoms with E-state index in [4.69, 9.17) is 4.74 Å². The molecule has 2 rings (SSSR count). The molecular formula is C19H20F7NO3. The molecule has 1 heterocycles. The number of amides is 1. The Morgan fingerprint density at radius 2 is 1.33 bits per heavy atom. The molecule has 0 unspecified atom stereocenters. The number of benzene rings is 1. The molecule has 0 radical (unpaired) electrons. The monoisotopic (exact) mass is 443 g/mol. The molecule has 11 heteroatoms. The van der Waals surface area contributed by atoms with Crippen molar-refractivity contribution in [1.82, 2.24) is 4.90 Å². The van der Waals surface area contributed by atoms with Gasteiger partial charge in [0.15, 0.2) is 5.78 Å². The molecule has 4 nitrogen and oxygen atoms in total. The Labute approximate surface area is 168 Å². The SMILES string of the molecule is CC(C)(C)OC(=O)N1CC(C)(C(=O)c2ccc(C(F)(C(F)(F)F)C(F)(F)F)cc2)C1. The van der Waals surface area contributed by atoms with Gasteiger partial charge in [-0.1, -0.05) is 24.3 Å². The number of likely N-dealkylation sites (tertiary alicyclic amines) is 1. The number of rotatable bonds is 3. The molecule has 0 spiro atoms. The second-order valence-electron chi connectivity index (χ2n) is 8.46. The van der Waals surface area contributed by atoms with Gasteiger partial charge in [0.05, 0.1) is 5.41 Å². The van der Waals surface area contributed by atoms with Gasteiger partial charge in [0.2, 0.25) is 0 Å².